The van der Waals surface area contributed by atoms with Crippen LogP contribution in [0.3, 0.4) is 0 Å². The van der Waals surface area contributed by atoms with Crippen molar-refractivity contribution in [2.45, 2.75) is 13.0 Å². The van der Waals surface area contributed by atoms with E-state index >= 15 is 0 Å². The Hall–Kier alpha value is -1.26. The van der Waals surface area contributed by atoms with E-state index in [-0.39, 0.29) is 11.9 Å². The average molecular weight is 240 g/mol. The molecule has 0 aromatic heterocycles. The summed E-state index contributed by atoms with van der Waals surface area (Å²) >= 11 is 6.13. The number of carbonyl (C=O) groups is 1. The van der Waals surface area contributed by atoms with Crippen molar-refractivity contribution >= 4 is 28.9 Å². The molecule has 16 heavy (non-hydrogen) atoms. The van der Waals surface area contributed by atoms with Gasteiger partial charge in [0.1, 0.15) is 0 Å². The topological polar surface area (TPSA) is 58.4 Å². The minimum Gasteiger partial charge on any atom is -0.358 e. The molecule has 0 saturated carbocycles. The number of halogens is 1. The number of hydrogen-bond acceptors (Lipinski definition) is 3. The third kappa shape index (κ3) is 2.13. The van der Waals surface area contributed by atoms with E-state index in [1.54, 1.807) is 0 Å². The van der Waals surface area contributed by atoms with Crippen LogP contribution in [0.1, 0.15) is 6.92 Å². The number of nitrogens with two attached hydrogens (primary N) is 1. The summed E-state index contributed by atoms with van der Waals surface area (Å²) in [7, 11) is 0. The zero-order valence-corrected chi connectivity index (χ0v) is 9.79. The first-order valence-electron chi connectivity index (χ1n) is 5.17. The average Bonchev–Trinajstić information content (AvgIpc) is 2.15. The third-order valence-electron chi connectivity index (χ3n) is 2.42. The highest BCUT2D eigenvalue weighted by atomic mass is 35.5. The van der Waals surface area contributed by atoms with E-state index < -0.39 is 0 Å². The van der Waals surface area contributed by atoms with E-state index in [0.717, 1.165) is 11.4 Å². The Bertz CT molecular complexity index is 420. The van der Waals surface area contributed by atoms with Crippen molar-refractivity contribution in [1.82, 2.24) is 0 Å². The zero-order chi connectivity index (χ0) is 11.7. The molecule has 1 amide bonds. The fourth-order valence-electron chi connectivity index (χ4n) is 1.88. The fraction of sp³-hybridized carbons (Fsp3) is 0.364. The van der Waals surface area contributed by atoms with Gasteiger partial charge in [-0.15, -0.1) is 0 Å². The summed E-state index contributed by atoms with van der Waals surface area (Å²) in [6.07, 6.45) is 0. The smallest absolute Gasteiger partial charge is 0.243 e. The Kier molecular flexibility index (Phi) is 3.03. The largest absolute Gasteiger partial charge is 0.358 e. The molecule has 1 aromatic rings. The highest BCUT2D eigenvalue weighted by molar-refractivity contribution is 6.34. The first kappa shape index (κ1) is 11.2. The van der Waals surface area contributed by atoms with Gasteiger partial charge in [-0.3, -0.25) is 4.79 Å². The number of rotatable bonds is 2. The molecule has 1 atom stereocenters. The molecular formula is C11H14ClN3O. The number of nitrogens with zero attached hydrogens (tertiary/aromatic N) is 1. The first-order valence-corrected chi connectivity index (χ1v) is 5.54. The molecule has 1 unspecified atom stereocenters. The van der Waals surface area contributed by atoms with Gasteiger partial charge in [0, 0.05) is 12.6 Å². The molecule has 5 heteroatoms. The van der Waals surface area contributed by atoms with Crippen LogP contribution < -0.4 is 16.0 Å². The van der Waals surface area contributed by atoms with Crippen LogP contribution in [-0.4, -0.2) is 25.0 Å². The number of benzene rings is 1. The Morgan fingerprint density at radius 3 is 3.06 bits per heavy atom. The van der Waals surface area contributed by atoms with Crippen LogP contribution in [0.25, 0.3) is 0 Å². The third-order valence-corrected chi connectivity index (χ3v) is 2.72. The van der Waals surface area contributed by atoms with Gasteiger partial charge in [-0.25, -0.2) is 0 Å². The van der Waals surface area contributed by atoms with Crippen molar-refractivity contribution in [2.75, 3.05) is 23.3 Å². The molecule has 2 rings (SSSR count). The van der Waals surface area contributed by atoms with Gasteiger partial charge in [-0.1, -0.05) is 17.7 Å². The van der Waals surface area contributed by atoms with Crippen LogP contribution in [0.5, 0.6) is 0 Å². The van der Waals surface area contributed by atoms with Gasteiger partial charge in [-0.2, -0.15) is 0 Å². The number of fused-ring (bicyclic) bond motifs is 1. The van der Waals surface area contributed by atoms with Crippen LogP contribution >= 0.6 is 11.6 Å². The van der Waals surface area contributed by atoms with Crippen LogP contribution in [0.4, 0.5) is 11.4 Å². The van der Waals surface area contributed by atoms with Crippen molar-refractivity contribution in [3.05, 3.63) is 23.2 Å². The first-order chi connectivity index (χ1) is 7.58. The number of hydrogen-bond donors (Lipinski definition) is 2. The molecule has 86 valence electrons. The maximum absolute atomic E-state index is 11.5. The molecule has 1 heterocycles. The zero-order valence-electron chi connectivity index (χ0n) is 9.03. The normalized spacial score (nSPS) is 16.7. The highest BCUT2D eigenvalue weighted by Gasteiger charge is 2.24. The summed E-state index contributed by atoms with van der Waals surface area (Å²) in [5, 5.41) is 3.44. The summed E-state index contributed by atoms with van der Waals surface area (Å²) < 4.78 is 0. The minimum absolute atomic E-state index is 0.00461. The number of amides is 1. The molecule has 1 aromatic carbocycles. The van der Waals surface area contributed by atoms with Crippen molar-refractivity contribution in [3.8, 4) is 0 Å². The fourth-order valence-corrected chi connectivity index (χ4v) is 2.18. The Morgan fingerprint density at radius 1 is 1.62 bits per heavy atom. The quantitative estimate of drug-likeness (QED) is 0.821. The summed E-state index contributed by atoms with van der Waals surface area (Å²) in [4.78, 5) is 13.4. The molecule has 4 nitrogen and oxygen atoms in total. The van der Waals surface area contributed by atoms with E-state index in [1.807, 2.05) is 30.0 Å². The second-order valence-electron chi connectivity index (χ2n) is 4.04. The second kappa shape index (κ2) is 4.31. The number of anilines is 2. The molecule has 0 bridgehead atoms. The van der Waals surface area contributed by atoms with E-state index in [0.29, 0.717) is 18.1 Å². The lowest BCUT2D eigenvalue weighted by Crippen LogP contribution is -2.43. The number of nitrogens with one attached hydrogen (secondary N) is 1. The van der Waals surface area contributed by atoms with E-state index in [1.165, 1.54) is 0 Å². The van der Waals surface area contributed by atoms with E-state index in [2.05, 4.69) is 5.32 Å². The Balaban J connectivity index is 2.39. The van der Waals surface area contributed by atoms with Crippen LogP contribution in [-0.2, 0) is 4.79 Å². The Morgan fingerprint density at radius 2 is 2.38 bits per heavy atom. The van der Waals surface area contributed by atoms with Gasteiger partial charge in [0.15, 0.2) is 0 Å². The summed E-state index contributed by atoms with van der Waals surface area (Å²) in [5.74, 6) is -0.0320. The number of carbonyl (C=O) groups excluding carboxylic acids is 1. The number of para-hydroxylation sites is 1. The molecular weight excluding hydrogens is 226 g/mol. The SMILES string of the molecule is CC(N)CN1CC(=O)Nc2cccc(Cl)c21. The maximum Gasteiger partial charge on any atom is 0.243 e. The summed E-state index contributed by atoms with van der Waals surface area (Å²) in [6, 6.07) is 5.46. The lowest BCUT2D eigenvalue weighted by molar-refractivity contribution is -0.115. The molecule has 0 aliphatic carbocycles. The summed E-state index contributed by atoms with van der Waals surface area (Å²) in [6.45, 7) is 2.82. The summed E-state index contributed by atoms with van der Waals surface area (Å²) in [5.41, 5.74) is 7.38. The highest BCUT2D eigenvalue weighted by Crippen LogP contribution is 2.36. The molecule has 0 fully saturated rings. The van der Waals surface area contributed by atoms with Crippen molar-refractivity contribution in [1.29, 1.82) is 0 Å². The molecule has 0 saturated heterocycles. The molecule has 1 aliphatic heterocycles. The van der Waals surface area contributed by atoms with Gasteiger partial charge in [-0.05, 0) is 19.1 Å². The van der Waals surface area contributed by atoms with Crippen LogP contribution in [0.2, 0.25) is 5.02 Å². The van der Waals surface area contributed by atoms with Gasteiger partial charge >= 0.3 is 0 Å². The van der Waals surface area contributed by atoms with E-state index in [9.17, 15) is 4.79 Å². The van der Waals surface area contributed by atoms with Gasteiger partial charge < -0.3 is 16.0 Å². The Labute approximate surface area is 99.4 Å². The van der Waals surface area contributed by atoms with Gasteiger partial charge in [0.2, 0.25) is 5.91 Å². The predicted octanol–water partition coefficient (Wildman–Crippen LogP) is 1.45. The minimum atomic E-state index is -0.0320. The van der Waals surface area contributed by atoms with E-state index in [4.69, 9.17) is 17.3 Å². The predicted molar refractivity (Wildman–Crippen MR) is 65.9 cm³/mol. The van der Waals surface area contributed by atoms with Crippen molar-refractivity contribution in [2.24, 2.45) is 5.73 Å². The lowest BCUT2D eigenvalue weighted by Gasteiger charge is -2.32. The molecule has 1 aliphatic rings. The van der Waals surface area contributed by atoms with Gasteiger partial charge in [0.25, 0.3) is 0 Å². The van der Waals surface area contributed by atoms with Crippen molar-refractivity contribution < 1.29 is 4.79 Å². The monoisotopic (exact) mass is 239 g/mol. The van der Waals surface area contributed by atoms with Crippen LogP contribution in [0.15, 0.2) is 18.2 Å². The molecule has 0 spiro atoms. The lowest BCUT2D eigenvalue weighted by atomic mass is 10.1. The standard InChI is InChI=1S/C11H14ClN3O/c1-7(13)5-15-6-10(16)14-9-4-2-3-8(12)11(9)15/h2-4,7H,5-6,13H2,1H3,(H,14,16). The molecule has 3 N–H and O–H groups in total. The van der Waals surface area contributed by atoms with Crippen molar-refractivity contribution in [3.63, 3.8) is 0 Å². The molecule has 0 radical (unpaired) electrons. The van der Waals surface area contributed by atoms with Gasteiger partial charge in [0.05, 0.1) is 22.9 Å². The van der Waals surface area contributed by atoms with Crippen LogP contribution in [0, 0.1) is 0 Å². The second-order valence-corrected chi connectivity index (χ2v) is 4.45. The maximum atomic E-state index is 11.5.